The Hall–Kier alpha value is -4.63. The highest BCUT2D eigenvalue weighted by Crippen LogP contribution is 2.49. The van der Waals surface area contributed by atoms with E-state index < -0.39 is 0 Å². The van der Waals surface area contributed by atoms with Gasteiger partial charge in [-0.05, 0) is 48.4 Å². The second-order valence-corrected chi connectivity index (χ2v) is 9.61. The van der Waals surface area contributed by atoms with E-state index in [1.165, 1.54) is 6.33 Å². The number of hydrogen-bond acceptors (Lipinski definition) is 7. The summed E-state index contributed by atoms with van der Waals surface area (Å²) in [4.78, 5) is 22.2. The molecule has 0 bridgehead atoms. The summed E-state index contributed by atoms with van der Waals surface area (Å²) >= 11 is 0. The molecular formula is C29H26N6O3. The van der Waals surface area contributed by atoms with E-state index in [0.29, 0.717) is 28.6 Å². The first-order valence-corrected chi connectivity index (χ1v) is 12.7. The van der Waals surface area contributed by atoms with Crippen molar-refractivity contribution in [2.75, 3.05) is 30.9 Å². The predicted molar refractivity (Wildman–Crippen MR) is 147 cm³/mol. The number of carbonyl (C=O) groups excluding carboxylic acids is 1. The van der Waals surface area contributed by atoms with Crippen molar-refractivity contribution >= 4 is 39.2 Å². The second-order valence-electron chi connectivity index (χ2n) is 9.61. The van der Waals surface area contributed by atoms with Crippen LogP contribution in [-0.2, 0) is 0 Å². The Balaban J connectivity index is 1.30. The Morgan fingerprint density at radius 3 is 2.79 bits per heavy atom. The summed E-state index contributed by atoms with van der Waals surface area (Å²) in [5.74, 6) is 1.25. The Bertz CT molecular complexity index is 1700. The van der Waals surface area contributed by atoms with Gasteiger partial charge in [-0.3, -0.25) is 4.79 Å². The minimum atomic E-state index is -0.216. The van der Waals surface area contributed by atoms with Crippen molar-refractivity contribution < 1.29 is 14.3 Å². The zero-order valence-corrected chi connectivity index (χ0v) is 20.6. The molecule has 5 aromatic rings. The van der Waals surface area contributed by atoms with Crippen LogP contribution < -0.4 is 25.8 Å². The number of nitrogen functional groups attached to an aromatic ring is 1. The van der Waals surface area contributed by atoms with Crippen LogP contribution in [-0.4, -0.2) is 40.3 Å². The highest BCUT2D eigenvalue weighted by Gasteiger charge is 2.28. The molecule has 9 nitrogen and oxygen atoms in total. The van der Waals surface area contributed by atoms with Crippen LogP contribution in [0.25, 0.3) is 32.9 Å². The minimum absolute atomic E-state index is 0.0562. The van der Waals surface area contributed by atoms with Crippen LogP contribution in [0.2, 0.25) is 0 Å². The SMILES string of the molecule is Nc1ncnc2c1c(-c1ccc(NC(=O)c3cccc4ccccc34)c3c1OCO3)cn2[C@@H]1CCCNC1. The molecule has 4 N–H and O–H groups in total. The summed E-state index contributed by atoms with van der Waals surface area (Å²) in [6.07, 6.45) is 5.73. The van der Waals surface area contributed by atoms with Gasteiger partial charge in [-0.15, -0.1) is 0 Å². The van der Waals surface area contributed by atoms with Crippen LogP contribution in [0.5, 0.6) is 11.5 Å². The van der Waals surface area contributed by atoms with Gasteiger partial charge in [0.15, 0.2) is 11.5 Å². The largest absolute Gasteiger partial charge is 0.453 e. The topological polar surface area (TPSA) is 116 Å². The van der Waals surface area contributed by atoms with Gasteiger partial charge in [-0.1, -0.05) is 36.4 Å². The molecule has 1 saturated heterocycles. The molecule has 1 fully saturated rings. The van der Waals surface area contributed by atoms with Crippen molar-refractivity contribution in [3.63, 3.8) is 0 Å². The number of nitrogens with two attached hydrogens (primary N) is 1. The lowest BCUT2D eigenvalue weighted by molar-refractivity contribution is 0.102. The Morgan fingerprint density at radius 2 is 1.89 bits per heavy atom. The monoisotopic (exact) mass is 506 g/mol. The van der Waals surface area contributed by atoms with E-state index in [2.05, 4.69) is 31.4 Å². The van der Waals surface area contributed by atoms with E-state index in [0.717, 1.165) is 58.9 Å². The van der Waals surface area contributed by atoms with Crippen LogP contribution in [0.4, 0.5) is 11.5 Å². The number of piperidine rings is 1. The number of aromatic nitrogens is 3. The van der Waals surface area contributed by atoms with Crippen LogP contribution in [0, 0.1) is 0 Å². The summed E-state index contributed by atoms with van der Waals surface area (Å²) in [5, 5.41) is 9.17. The first kappa shape index (κ1) is 22.6. The second kappa shape index (κ2) is 9.04. The number of ether oxygens (including phenoxy) is 2. The molecule has 1 amide bonds. The molecule has 2 aliphatic rings. The van der Waals surface area contributed by atoms with Crippen molar-refractivity contribution in [1.29, 1.82) is 0 Å². The number of carbonyl (C=O) groups is 1. The van der Waals surface area contributed by atoms with Crippen molar-refractivity contribution in [2.45, 2.75) is 18.9 Å². The van der Waals surface area contributed by atoms with E-state index in [1.807, 2.05) is 54.6 Å². The number of benzene rings is 3. The highest BCUT2D eigenvalue weighted by molar-refractivity contribution is 6.14. The molecule has 0 unspecified atom stereocenters. The van der Waals surface area contributed by atoms with Gasteiger partial charge in [-0.2, -0.15) is 0 Å². The van der Waals surface area contributed by atoms with E-state index >= 15 is 0 Å². The van der Waals surface area contributed by atoms with Crippen molar-refractivity contribution in [3.05, 3.63) is 72.7 Å². The fourth-order valence-corrected chi connectivity index (χ4v) is 5.58. The fraction of sp³-hybridized carbons (Fsp3) is 0.207. The maximum absolute atomic E-state index is 13.3. The van der Waals surface area contributed by atoms with Crippen LogP contribution in [0.1, 0.15) is 29.2 Å². The third-order valence-corrected chi connectivity index (χ3v) is 7.39. The normalized spacial score (nSPS) is 16.7. The summed E-state index contributed by atoms with van der Waals surface area (Å²) in [5.41, 5.74) is 10.00. The number of fused-ring (bicyclic) bond motifs is 3. The average Bonchev–Trinajstić information content (AvgIpc) is 3.60. The zero-order valence-electron chi connectivity index (χ0n) is 20.6. The van der Waals surface area contributed by atoms with Crippen molar-refractivity contribution in [2.24, 2.45) is 0 Å². The molecule has 7 rings (SSSR count). The third-order valence-electron chi connectivity index (χ3n) is 7.39. The van der Waals surface area contributed by atoms with Gasteiger partial charge in [0.05, 0.1) is 11.1 Å². The first-order valence-electron chi connectivity index (χ1n) is 12.7. The van der Waals surface area contributed by atoms with Gasteiger partial charge in [0.2, 0.25) is 6.79 Å². The molecular weight excluding hydrogens is 480 g/mol. The van der Waals surface area contributed by atoms with E-state index in [4.69, 9.17) is 15.2 Å². The molecule has 0 saturated carbocycles. The Kier molecular flexibility index (Phi) is 5.36. The van der Waals surface area contributed by atoms with Gasteiger partial charge in [0.25, 0.3) is 5.91 Å². The number of nitrogens with zero attached hydrogens (tertiary/aromatic N) is 3. The quantitative estimate of drug-likeness (QED) is 0.322. The lowest BCUT2D eigenvalue weighted by atomic mass is 10.0. The molecule has 4 heterocycles. The van der Waals surface area contributed by atoms with E-state index in [9.17, 15) is 4.79 Å². The number of rotatable bonds is 4. The van der Waals surface area contributed by atoms with Crippen molar-refractivity contribution in [1.82, 2.24) is 19.9 Å². The molecule has 1 atom stereocenters. The highest BCUT2D eigenvalue weighted by atomic mass is 16.7. The molecule has 0 aliphatic carbocycles. The van der Waals surface area contributed by atoms with Crippen molar-refractivity contribution in [3.8, 4) is 22.6 Å². The molecule has 2 aliphatic heterocycles. The summed E-state index contributed by atoms with van der Waals surface area (Å²) in [6.45, 7) is 1.94. The Labute approximate surface area is 218 Å². The van der Waals surface area contributed by atoms with Crippen LogP contribution >= 0.6 is 0 Å². The van der Waals surface area contributed by atoms with Gasteiger partial charge >= 0.3 is 0 Å². The summed E-state index contributed by atoms with van der Waals surface area (Å²) in [6, 6.07) is 17.6. The van der Waals surface area contributed by atoms with Crippen LogP contribution in [0.3, 0.4) is 0 Å². The predicted octanol–water partition coefficient (Wildman–Crippen LogP) is 4.74. The van der Waals surface area contributed by atoms with Gasteiger partial charge in [-0.25, -0.2) is 9.97 Å². The first-order chi connectivity index (χ1) is 18.7. The summed E-state index contributed by atoms with van der Waals surface area (Å²) in [7, 11) is 0. The Morgan fingerprint density at radius 1 is 1.03 bits per heavy atom. The minimum Gasteiger partial charge on any atom is -0.453 e. The molecule has 9 heteroatoms. The maximum atomic E-state index is 13.3. The number of anilines is 2. The van der Waals surface area contributed by atoms with E-state index in [1.54, 1.807) is 0 Å². The van der Waals surface area contributed by atoms with E-state index in [-0.39, 0.29) is 18.7 Å². The number of amides is 1. The van der Waals surface area contributed by atoms with Gasteiger partial charge < -0.3 is 30.4 Å². The smallest absolute Gasteiger partial charge is 0.256 e. The maximum Gasteiger partial charge on any atom is 0.256 e. The molecule has 38 heavy (non-hydrogen) atoms. The summed E-state index contributed by atoms with van der Waals surface area (Å²) < 4.78 is 14.0. The molecule has 2 aromatic heterocycles. The lowest BCUT2D eigenvalue weighted by Crippen LogP contribution is -2.31. The molecule has 0 radical (unpaired) electrons. The zero-order chi connectivity index (χ0) is 25.6. The molecule has 0 spiro atoms. The van der Waals surface area contributed by atoms with Crippen LogP contribution in [0.15, 0.2) is 67.1 Å². The number of nitrogens with one attached hydrogen (secondary N) is 2. The lowest BCUT2D eigenvalue weighted by Gasteiger charge is -2.24. The number of hydrogen-bond donors (Lipinski definition) is 3. The molecule has 3 aromatic carbocycles. The fourth-order valence-electron chi connectivity index (χ4n) is 5.58. The standard InChI is InChI=1S/C29H26N6O3/c30-27-24-22(14-35(28(24)33-15-32-27)18-7-4-12-31-13-18)20-10-11-23(26-25(20)37-16-38-26)34-29(36)21-9-3-6-17-5-1-2-8-19(17)21/h1-3,5-6,8-11,14-15,18,31H,4,7,12-13,16H2,(H,34,36)(H2,30,32,33)/t18-/m1/s1. The molecule has 190 valence electrons. The van der Waals surface area contributed by atoms with Gasteiger partial charge in [0, 0.05) is 35.5 Å². The third kappa shape index (κ3) is 3.62. The average molecular weight is 507 g/mol. The van der Waals surface area contributed by atoms with Gasteiger partial charge in [0.1, 0.15) is 17.8 Å².